The molecule has 2 aliphatic carbocycles. The Hall–Kier alpha value is -2.84. The molecule has 3 heterocycles. The van der Waals surface area contributed by atoms with Crippen LogP contribution in [-0.2, 0) is 6.42 Å². The SMILES string of the molecule is Cc1c(C(=O)N2CC3(C2)CC(F)(F)C3)cnn1-c1nc2c(c(=O)[nH]1)CC=C2. The normalized spacial score (nSPS) is 21.1. The van der Waals surface area contributed by atoms with Gasteiger partial charge in [0.1, 0.15) is 0 Å². The van der Waals surface area contributed by atoms with Gasteiger partial charge in [-0.2, -0.15) is 5.10 Å². The molecule has 1 aliphatic heterocycles. The molecule has 7 nitrogen and oxygen atoms in total. The minimum atomic E-state index is -2.59. The van der Waals surface area contributed by atoms with Crippen LogP contribution in [0.5, 0.6) is 0 Å². The third kappa shape index (κ3) is 2.37. The predicted molar refractivity (Wildman–Crippen MR) is 92.0 cm³/mol. The number of aromatic nitrogens is 4. The molecule has 5 rings (SSSR count). The molecule has 3 aliphatic rings. The molecule has 1 N–H and O–H groups in total. The lowest BCUT2D eigenvalue weighted by Gasteiger charge is -2.58. The molecular weight excluding hydrogens is 356 g/mol. The Morgan fingerprint density at radius 2 is 2.04 bits per heavy atom. The molecule has 2 aromatic heterocycles. The Kier molecular flexibility index (Phi) is 3.10. The molecule has 0 unspecified atom stereocenters. The first kappa shape index (κ1) is 16.3. The average molecular weight is 373 g/mol. The van der Waals surface area contributed by atoms with Gasteiger partial charge in [0.25, 0.3) is 11.5 Å². The summed E-state index contributed by atoms with van der Waals surface area (Å²) in [6, 6.07) is 0. The molecule has 2 fully saturated rings. The van der Waals surface area contributed by atoms with Gasteiger partial charge in [-0.1, -0.05) is 6.08 Å². The second-order valence-electron chi connectivity index (χ2n) is 7.79. The fraction of sp³-hybridized carbons (Fsp3) is 0.444. The van der Waals surface area contributed by atoms with Gasteiger partial charge in [-0.25, -0.2) is 18.4 Å². The molecule has 9 heteroatoms. The van der Waals surface area contributed by atoms with Crippen molar-refractivity contribution in [1.29, 1.82) is 0 Å². The van der Waals surface area contributed by atoms with E-state index in [9.17, 15) is 18.4 Å². The number of carbonyl (C=O) groups excluding carboxylic acids is 1. The number of carbonyl (C=O) groups is 1. The van der Waals surface area contributed by atoms with Crippen LogP contribution < -0.4 is 5.56 Å². The monoisotopic (exact) mass is 373 g/mol. The topological polar surface area (TPSA) is 83.9 Å². The molecule has 0 bridgehead atoms. The number of H-pyrrole nitrogens is 1. The number of allylic oxidation sites excluding steroid dienone is 1. The molecule has 0 atom stereocenters. The number of likely N-dealkylation sites (tertiary alicyclic amines) is 1. The van der Waals surface area contributed by atoms with Crippen LogP contribution in [0.25, 0.3) is 12.0 Å². The zero-order chi connectivity index (χ0) is 19.0. The van der Waals surface area contributed by atoms with Gasteiger partial charge < -0.3 is 4.90 Å². The summed E-state index contributed by atoms with van der Waals surface area (Å²) in [4.78, 5) is 33.6. The van der Waals surface area contributed by atoms with Gasteiger partial charge in [0.2, 0.25) is 11.9 Å². The zero-order valence-electron chi connectivity index (χ0n) is 14.6. The number of halogens is 2. The van der Waals surface area contributed by atoms with Gasteiger partial charge in [-0.15, -0.1) is 0 Å². The first-order valence-corrected chi connectivity index (χ1v) is 8.79. The van der Waals surface area contributed by atoms with Crippen molar-refractivity contribution in [3.05, 3.63) is 45.1 Å². The van der Waals surface area contributed by atoms with Crippen molar-refractivity contribution in [2.75, 3.05) is 13.1 Å². The number of rotatable bonds is 2. The van der Waals surface area contributed by atoms with Gasteiger partial charge in [0, 0.05) is 36.9 Å². The lowest BCUT2D eigenvalue weighted by atomic mass is 9.61. The van der Waals surface area contributed by atoms with Gasteiger partial charge in [0.05, 0.1) is 23.1 Å². The van der Waals surface area contributed by atoms with Crippen LogP contribution in [0.15, 0.2) is 17.1 Å². The van der Waals surface area contributed by atoms with Gasteiger partial charge in [0.15, 0.2) is 0 Å². The minimum Gasteiger partial charge on any atom is -0.337 e. The van der Waals surface area contributed by atoms with E-state index in [4.69, 9.17) is 0 Å². The highest BCUT2D eigenvalue weighted by Gasteiger charge is 2.62. The Morgan fingerprint density at radius 3 is 2.74 bits per heavy atom. The van der Waals surface area contributed by atoms with E-state index in [2.05, 4.69) is 15.1 Å². The van der Waals surface area contributed by atoms with Crippen LogP contribution in [0.2, 0.25) is 0 Å². The van der Waals surface area contributed by atoms with Crippen molar-refractivity contribution >= 4 is 12.0 Å². The van der Waals surface area contributed by atoms with E-state index in [-0.39, 0.29) is 30.3 Å². The maximum absolute atomic E-state index is 13.1. The summed E-state index contributed by atoms with van der Waals surface area (Å²) in [6.45, 7) is 2.42. The van der Waals surface area contributed by atoms with Crippen molar-refractivity contribution < 1.29 is 13.6 Å². The van der Waals surface area contributed by atoms with Gasteiger partial charge >= 0.3 is 0 Å². The van der Waals surface area contributed by atoms with Crippen LogP contribution in [0.1, 0.15) is 40.2 Å². The molecule has 1 saturated heterocycles. The summed E-state index contributed by atoms with van der Waals surface area (Å²) in [5, 5.41) is 4.20. The Morgan fingerprint density at radius 1 is 1.30 bits per heavy atom. The second kappa shape index (κ2) is 5.11. The van der Waals surface area contributed by atoms with Crippen molar-refractivity contribution in [3.8, 4) is 5.95 Å². The Labute approximate surface area is 152 Å². The maximum atomic E-state index is 13.1. The van der Waals surface area contributed by atoms with Crippen molar-refractivity contribution in [2.24, 2.45) is 5.41 Å². The minimum absolute atomic E-state index is 0.143. The number of alkyl halides is 2. The van der Waals surface area contributed by atoms with Crippen LogP contribution in [0, 0.1) is 12.3 Å². The molecule has 0 radical (unpaired) electrons. The lowest BCUT2D eigenvalue weighted by Crippen LogP contribution is -2.66. The molecule has 27 heavy (non-hydrogen) atoms. The molecule has 1 saturated carbocycles. The largest absolute Gasteiger partial charge is 0.337 e. The van der Waals surface area contributed by atoms with Crippen molar-refractivity contribution in [2.45, 2.75) is 32.1 Å². The van der Waals surface area contributed by atoms with Crippen LogP contribution in [-0.4, -0.2) is 49.6 Å². The Bertz CT molecular complexity index is 1050. The number of aromatic amines is 1. The summed E-state index contributed by atoms with van der Waals surface area (Å²) < 4.78 is 27.7. The summed E-state index contributed by atoms with van der Waals surface area (Å²) in [5.41, 5.74) is 1.51. The highest BCUT2D eigenvalue weighted by molar-refractivity contribution is 5.95. The maximum Gasteiger partial charge on any atom is 0.257 e. The molecule has 2 aromatic rings. The summed E-state index contributed by atoms with van der Waals surface area (Å²) in [6.07, 6.45) is 5.35. The quantitative estimate of drug-likeness (QED) is 0.869. The van der Waals surface area contributed by atoms with E-state index >= 15 is 0 Å². The summed E-state index contributed by atoms with van der Waals surface area (Å²) in [5.74, 6) is -2.57. The van der Waals surface area contributed by atoms with Crippen LogP contribution >= 0.6 is 0 Å². The fourth-order valence-corrected chi connectivity index (χ4v) is 4.41. The van der Waals surface area contributed by atoms with Crippen LogP contribution in [0.4, 0.5) is 8.78 Å². The van der Waals surface area contributed by atoms with Crippen molar-refractivity contribution in [1.82, 2.24) is 24.6 Å². The lowest BCUT2D eigenvalue weighted by molar-refractivity contribution is -0.203. The van der Waals surface area contributed by atoms with Gasteiger partial charge in [-0.05, 0) is 19.4 Å². The number of nitrogens with zero attached hydrogens (tertiary/aromatic N) is 4. The standard InChI is InChI=1S/C18H17F2N5O2/c1-10-12(15(27)24-8-17(9-24)6-18(19,20)7-17)5-21-25(10)16-22-13-4-2-3-11(13)14(26)23-16/h2,4-5H,3,6-9H2,1H3,(H,22,23,26). The first-order chi connectivity index (χ1) is 12.8. The number of amides is 1. The van der Waals surface area contributed by atoms with E-state index in [1.807, 2.05) is 6.08 Å². The highest BCUT2D eigenvalue weighted by atomic mass is 19.3. The van der Waals surface area contributed by atoms with E-state index in [0.29, 0.717) is 42.0 Å². The number of hydrogen-bond donors (Lipinski definition) is 1. The third-order valence-corrected chi connectivity index (χ3v) is 5.68. The smallest absolute Gasteiger partial charge is 0.257 e. The van der Waals surface area contributed by atoms with E-state index in [1.54, 1.807) is 17.9 Å². The fourth-order valence-electron chi connectivity index (χ4n) is 4.41. The first-order valence-electron chi connectivity index (χ1n) is 8.79. The molecule has 1 spiro atoms. The zero-order valence-corrected chi connectivity index (χ0v) is 14.6. The molecule has 0 aromatic carbocycles. The molecule has 140 valence electrons. The number of hydrogen-bond acceptors (Lipinski definition) is 4. The predicted octanol–water partition coefficient (Wildman–Crippen LogP) is 1.70. The second-order valence-corrected chi connectivity index (χ2v) is 7.79. The summed E-state index contributed by atoms with van der Waals surface area (Å²) >= 11 is 0. The number of fused-ring (bicyclic) bond motifs is 1. The van der Waals surface area contributed by atoms with E-state index < -0.39 is 11.3 Å². The van der Waals surface area contributed by atoms with Crippen molar-refractivity contribution in [3.63, 3.8) is 0 Å². The Balaban J connectivity index is 1.39. The third-order valence-electron chi connectivity index (χ3n) is 5.68. The van der Waals surface area contributed by atoms with E-state index in [1.165, 1.54) is 10.9 Å². The van der Waals surface area contributed by atoms with Crippen LogP contribution in [0.3, 0.4) is 0 Å². The average Bonchev–Trinajstić information content (AvgIpc) is 3.16. The van der Waals surface area contributed by atoms with Gasteiger partial charge in [-0.3, -0.25) is 14.6 Å². The molecular formula is C18H17F2N5O2. The van der Waals surface area contributed by atoms with E-state index in [0.717, 1.165) is 0 Å². The molecule has 1 amide bonds. The highest BCUT2D eigenvalue weighted by Crippen LogP contribution is 2.56. The summed E-state index contributed by atoms with van der Waals surface area (Å²) in [7, 11) is 0. The number of nitrogens with one attached hydrogen (secondary N) is 1.